The van der Waals surface area contributed by atoms with Gasteiger partial charge in [-0.15, -0.1) is 0 Å². The van der Waals surface area contributed by atoms with Crippen molar-refractivity contribution in [2.24, 2.45) is 5.41 Å². The Morgan fingerprint density at radius 1 is 1.38 bits per heavy atom. The molecule has 0 bridgehead atoms. The van der Waals surface area contributed by atoms with Crippen LogP contribution >= 0.6 is 11.6 Å². The average Bonchev–Trinajstić information content (AvgIpc) is 2.33. The number of carbonyl (C=O) groups excluding carboxylic acids is 1. The van der Waals surface area contributed by atoms with Crippen LogP contribution in [0.25, 0.3) is 0 Å². The van der Waals surface area contributed by atoms with Gasteiger partial charge in [-0.1, -0.05) is 32.4 Å². The van der Waals surface area contributed by atoms with Crippen molar-refractivity contribution >= 4 is 29.2 Å². The monoisotopic (exact) mass is 314 g/mol. The average molecular weight is 315 g/mol. The SMILES string of the molecule is CC(C)(C)[C@H](NC(=O)c1cc([N+](=O)[O-])ccc1Cl)C(=O)O. The third kappa shape index (κ3) is 4.16. The normalized spacial score (nSPS) is 12.6. The van der Waals surface area contributed by atoms with Crippen molar-refractivity contribution in [3.8, 4) is 0 Å². The van der Waals surface area contributed by atoms with E-state index in [0.717, 1.165) is 12.1 Å². The minimum atomic E-state index is -1.20. The van der Waals surface area contributed by atoms with E-state index in [1.165, 1.54) is 6.07 Å². The molecule has 0 aliphatic rings. The smallest absolute Gasteiger partial charge is 0.326 e. The number of carboxylic acids is 1. The fourth-order valence-corrected chi connectivity index (χ4v) is 1.86. The Bertz CT molecular complexity index is 595. The molecule has 21 heavy (non-hydrogen) atoms. The van der Waals surface area contributed by atoms with Gasteiger partial charge in [0.2, 0.25) is 0 Å². The molecule has 0 aliphatic heterocycles. The summed E-state index contributed by atoms with van der Waals surface area (Å²) in [7, 11) is 0. The van der Waals surface area contributed by atoms with Crippen LogP contribution in [-0.2, 0) is 4.79 Å². The lowest BCUT2D eigenvalue weighted by Gasteiger charge is -2.27. The summed E-state index contributed by atoms with van der Waals surface area (Å²) in [6.07, 6.45) is 0. The van der Waals surface area contributed by atoms with Crippen LogP contribution in [0, 0.1) is 15.5 Å². The summed E-state index contributed by atoms with van der Waals surface area (Å²) in [4.78, 5) is 33.4. The summed E-state index contributed by atoms with van der Waals surface area (Å²) in [6.45, 7) is 4.96. The first kappa shape index (κ1) is 16.9. The van der Waals surface area contributed by atoms with Gasteiger partial charge in [0.1, 0.15) is 6.04 Å². The molecule has 0 fully saturated rings. The highest BCUT2D eigenvalue weighted by Crippen LogP contribution is 2.24. The first-order valence-corrected chi connectivity index (χ1v) is 6.39. The van der Waals surface area contributed by atoms with Gasteiger partial charge < -0.3 is 10.4 Å². The molecule has 0 saturated carbocycles. The number of non-ortho nitro benzene ring substituents is 1. The molecular formula is C13H15ClN2O5. The second-order valence-corrected chi connectivity index (χ2v) is 5.94. The van der Waals surface area contributed by atoms with Crippen LogP contribution in [0.4, 0.5) is 5.69 Å². The van der Waals surface area contributed by atoms with E-state index in [2.05, 4.69) is 5.32 Å². The Kier molecular flexibility index (Phi) is 4.90. The Morgan fingerprint density at radius 2 is 1.95 bits per heavy atom. The zero-order valence-corrected chi connectivity index (χ0v) is 12.5. The van der Waals surface area contributed by atoms with Gasteiger partial charge in [0, 0.05) is 12.1 Å². The third-order valence-electron chi connectivity index (χ3n) is 2.79. The third-order valence-corrected chi connectivity index (χ3v) is 3.12. The lowest BCUT2D eigenvalue weighted by Crippen LogP contribution is -2.49. The number of halogens is 1. The number of nitro groups is 1. The fraction of sp³-hybridized carbons (Fsp3) is 0.385. The molecule has 0 saturated heterocycles. The second-order valence-electron chi connectivity index (χ2n) is 5.53. The van der Waals surface area contributed by atoms with Crippen molar-refractivity contribution in [2.45, 2.75) is 26.8 Å². The molecule has 0 unspecified atom stereocenters. The highest BCUT2D eigenvalue weighted by molar-refractivity contribution is 6.34. The molecule has 1 rings (SSSR count). The van der Waals surface area contributed by atoms with Crippen molar-refractivity contribution in [2.75, 3.05) is 0 Å². The van der Waals surface area contributed by atoms with Crippen molar-refractivity contribution < 1.29 is 19.6 Å². The zero-order chi connectivity index (χ0) is 16.4. The van der Waals surface area contributed by atoms with Gasteiger partial charge in [0.25, 0.3) is 11.6 Å². The van der Waals surface area contributed by atoms with Gasteiger partial charge in [0.05, 0.1) is 15.5 Å². The molecule has 1 atom stereocenters. The number of amides is 1. The predicted octanol–water partition coefficient (Wildman–Crippen LogP) is 2.48. The predicted molar refractivity (Wildman–Crippen MR) is 76.5 cm³/mol. The van der Waals surface area contributed by atoms with Crippen molar-refractivity contribution in [3.63, 3.8) is 0 Å². The van der Waals surface area contributed by atoms with Crippen LogP contribution in [-0.4, -0.2) is 27.9 Å². The number of carboxylic acid groups (broad SMARTS) is 1. The minimum Gasteiger partial charge on any atom is -0.480 e. The molecule has 8 heteroatoms. The molecular weight excluding hydrogens is 300 g/mol. The topological polar surface area (TPSA) is 110 Å². The van der Waals surface area contributed by atoms with Crippen LogP contribution in [0.2, 0.25) is 5.02 Å². The highest BCUT2D eigenvalue weighted by Gasteiger charge is 2.33. The van der Waals surface area contributed by atoms with Crippen LogP contribution in [0.15, 0.2) is 18.2 Å². The summed E-state index contributed by atoms with van der Waals surface area (Å²) >= 11 is 5.84. The van der Waals surface area contributed by atoms with Crippen LogP contribution in [0.3, 0.4) is 0 Å². The Labute approximate surface area is 126 Å². The Morgan fingerprint density at radius 3 is 2.38 bits per heavy atom. The standard InChI is InChI=1S/C13H15ClN2O5/c1-13(2,3)10(12(18)19)15-11(17)8-6-7(16(20)21)4-5-9(8)14/h4-6,10H,1-3H3,(H,15,17)(H,18,19)/t10-/m1/s1. The zero-order valence-electron chi connectivity index (χ0n) is 11.7. The van der Waals surface area contributed by atoms with Crippen LogP contribution < -0.4 is 5.32 Å². The fourth-order valence-electron chi connectivity index (χ4n) is 1.66. The van der Waals surface area contributed by atoms with Crippen molar-refractivity contribution in [3.05, 3.63) is 38.9 Å². The van der Waals surface area contributed by atoms with Gasteiger partial charge >= 0.3 is 5.97 Å². The molecule has 0 heterocycles. The van der Waals surface area contributed by atoms with E-state index in [1.807, 2.05) is 0 Å². The number of nitro benzene ring substituents is 1. The number of hydrogen-bond donors (Lipinski definition) is 2. The lowest BCUT2D eigenvalue weighted by atomic mass is 9.86. The number of hydrogen-bond acceptors (Lipinski definition) is 4. The summed E-state index contributed by atoms with van der Waals surface area (Å²) < 4.78 is 0. The quantitative estimate of drug-likeness (QED) is 0.655. The van der Waals surface area contributed by atoms with E-state index in [4.69, 9.17) is 16.7 Å². The largest absolute Gasteiger partial charge is 0.480 e. The van der Waals surface area contributed by atoms with E-state index in [-0.39, 0.29) is 16.3 Å². The molecule has 1 aromatic rings. The number of carbonyl (C=O) groups is 2. The van der Waals surface area contributed by atoms with Crippen molar-refractivity contribution in [1.82, 2.24) is 5.32 Å². The number of rotatable bonds is 4. The van der Waals surface area contributed by atoms with Crippen molar-refractivity contribution in [1.29, 1.82) is 0 Å². The summed E-state index contributed by atoms with van der Waals surface area (Å²) in [6, 6.07) is 2.25. The number of aliphatic carboxylic acids is 1. The lowest BCUT2D eigenvalue weighted by molar-refractivity contribution is -0.384. The first-order valence-electron chi connectivity index (χ1n) is 6.01. The Balaban J connectivity index is 3.11. The molecule has 2 N–H and O–H groups in total. The number of nitrogens with one attached hydrogen (secondary N) is 1. The molecule has 1 aromatic carbocycles. The second kappa shape index (κ2) is 6.09. The number of nitrogens with zero attached hydrogens (tertiary/aromatic N) is 1. The van der Waals surface area contributed by atoms with Gasteiger partial charge in [-0.2, -0.15) is 0 Å². The molecule has 114 valence electrons. The van der Waals surface area contributed by atoms with E-state index in [0.29, 0.717) is 0 Å². The van der Waals surface area contributed by atoms with Crippen LogP contribution in [0.5, 0.6) is 0 Å². The molecule has 0 aromatic heterocycles. The first-order chi connectivity index (χ1) is 9.54. The molecule has 0 spiro atoms. The molecule has 0 radical (unpaired) electrons. The highest BCUT2D eigenvalue weighted by atomic mass is 35.5. The summed E-state index contributed by atoms with van der Waals surface area (Å²) in [5, 5.41) is 22.2. The van der Waals surface area contributed by atoms with E-state index < -0.39 is 28.3 Å². The maximum atomic E-state index is 12.1. The van der Waals surface area contributed by atoms with Gasteiger partial charge in [-0.25, -0.2) is 4.79 Å². The van der Waals surface area contributed by atoms with Gasteiger partial charge in [-0.05, 0) is 11.5 Å². The molecule has 1 amide bonds. The summed E-state index contributed by atoms with van der Waals surface area (Å²) in [5.74, 6) is -1.97. The summed E-state index contributed by atoms with van der Waals surface area (Å²) in [5.41, 5.74) is -1.16. The van der Waals surface area contributed by atoms with Gasteiger partial charge in [0.15, 0.2) is 0 Å². The van der Waals surface area contributed by atoms with Crippen LogP contribution in [0.1, 0.15) is 31.1 Å². The minimum absolute atomic E-state index is 0.0103. The maximum Gasteiger partial charge on any atom is 0.326 e. The van der Waals surface area contributed by atoms with Gasteiger partial charge in [-0.3, -0.25) is 14.9 Å². The number of benzene rings is 1. The van der Waals surface area contributed by atoms with E-state index in [9.17, 15) is 19.7 Å². The molecule has 7 nitrogen and oxygen atoms in total. The van der Waals surface area contributed by atoms with E-state index in [1.54, 1.807) is 20.8 Å². The molecule has 0 aliphatic carbocycles. The maximum absolute atomic E-state index is 12.1. The van der Waals surface area contributed by atoms with E-state index >= 15 is 0 Å². The Hall–Kier alpha value is -2.15.